The lowest BCUT2D eigenvalue weighted by atomic mass is 9.86. The van der Waals surface area contributed by atoms with E-state index in [1.54, 1.807) is 0 Å². The highest BCUT2D eigenvalue weighted by Gasteiger charge is 2.26. The molecule has 25 heavy (non-hydrogen) atoms. The van der Waals surface area contributed by atoms with Crippen molar-refractivity contribution in [3.05, 3.63) is 89.5 Å². The minimum Gasteiger partial charge on any atom is -0.476 e. The van der Waals surface area contributed by atoms with E-state index in [1.165, 1.54) is 5.56 Å². The van der Waals surface area contributed by atoms with Crippen LogP contribution in [0.2, 0.25) is 0 Å². The van der Waals surface area contributed by atoms with Crippen LogP contribution in [0.5, 0.6) is 0 Å². The minimum atomic E-state index is -0.196. The lowest BCUT2D eigenvalue weighted by molar-refractivity contribution is 0.191. The number of aromatic nitrogens is 2. The fraction of sp³-hybridized carbons (Fsp3) is 0.227. The zero-order valence-electron chi connectivity index (χ0n) is 14.8. The van der Waals surface area contributed by atoms with Crippen molar-refractivity contribution in [1.29, 1.82) is 0 Å². The average molecular weight is 330 g/mol. The molecule has 0 fully saturated rings. The van der Waals surface area contributed by atoms with Gasteiger partial charge in [0.2, 0.25) is 0 Å². The Labute approximate surface area is 148 Å². The molecule has 0 radical (unpaired) electrons. The molecule has 126 valence electrons. The van der Waals surface area contributed by atoms with Gasteiger partial charge in [0.25, 0.3) is 0 Å². The number of nitrogens with zero attached hydrogens (tertiary/aromatic N) is 2. The number of rotatable bonds is 2. The van der Waals surface area contributed by atoms with Gasteiger partial charge in [-0.3, -0.25) is 0 Å². The molecule has 0 saturated carbocycles. The van der Waals surface area contributed by atoms with Crippen molar-refractivity contribution in [3.8, 4) is 0 Å². The van der Waals surface area contributed by atoms with Crippen molar-refractivity contribution < 1.29 is 4.74 Å². The van der Waals surface area contributed by atoms with E-state index in [9.17, 15) is 0 Å². The molecule has 0 aliphatic carbocycles. The Kier molecular flexibility index (Phi) is 3.72. The van der Waals surface area contributed by atoms with E-state index in [-0.39, 0.29) is 11.5 Å². The van der Waals surface area contributed by atoms with Crippen LogP contribution in [0.3, 0.4) is 0 Å². The molecule has 0 saturated heterocycles. The predicted molar refractivity (Wildman–Crippen MR) is 101 cm³/mol. The highest BCUT2D eigenvalue weighted by atomic mass is 16.5. The highest BCUT2D eigenvalue weighted by molar-refractivity contribution is 5.72. The van der Waals surface area contributed by atoms with Crippen LogP contribution in [-0.4, -0.2) is 9.55 Å². The fourth-order valence-corrected chi connectivity index (χ4v) is 3.10. The first kappa shape index (κ1) is 15.7. The second-order valence-electron chi connectivity index (χ2n) is 7.42. The van der Waals surface area contributed by atoms with Crippen LogP contribution >= 0.6 is 0 Å². The first-order chi connectivity index (χ1) is 12.0. The Morgan fingerprint density at radius 1 is 0.960 bits per heavy atom. The minimum absolute atomic E-state index is 0.143. The third-order valence-corrected chi connectivity index (χ3v) is 4.57. The lowest BCUT2D eigenvalue weighted by Crippen LogP contribution is -2.16. The molecule has 1 aromatic heterocycles. The summed E-state index contributed by atoms with van der Waals surface area (Å²) < 4.78 is 8.40. The highest BCUT2D eigenvalue weighted by Crippen LogP contribution is 2.35. The van der Waals surface area contributed by atoms with Gasteiger partial charge in [0.1, 0.15) is 5.76 Å². The van der Waals surface area contributed by atoms with Crippen molar-refractivity contribution in [2.24, 2.45) is 0 Å². The summed E-state index contributed by atoms with van der Waals surface area (Å²) in [4.78, 5) is 4.48. The monoisotopic (exact) mass is 330 g/mol. The molecule has 1 atom stereocenters. The molecule has 1 aliphatic heterocycles. The maximum atomic E-state index is 6.35. The van der Waals surface area contributed by atoms with Crippen LogP contribution in [0.4, 0.5) is 0 Å². The Morgan fingerprint density at radius 3 is 2.36 bits per heavy atom. The molecule has 4 rings (SSSR count). The maximum Gasteiger partial charge on any atom is 0.182 e. The molecular weight excluding hydrogens is 308 g/mol. The van der Waals surface area contributed by atoms with Crippen molar-refractivity contribution >= 4 is 12.0 Å². The Bertz CT molecular complexity index is 899. The Hall–Kier alpha value is -2.81. The molecule has 1 aliphatic rings. The van der Waals surface area contributed by atoms with E-state index >= 15 is 0 Å². The molecule has 2 heterocycles. The average Bonchev–Trinajstić information content (AvgIpc) is 3.09. The zero-order chi connectivity index (χ0) is 17.4. The Balaban J connectivity index is 1.72. The fourth-order valence-electron chi connectivity index (χ4n) is 3.10. The maximum absolute atomic E-state index is 6.35. The van der Waals surface area contributed by atoms with Crippen LogP contribution in [-0.2, 0) is 10.2 Å². The van der Waals surface area contributed by atoms with Gasteiger partial charge in [-0.2, -0.15) is 0 Å². The number of hydrogen-bond acceptors (Lipinski definition) is 2. The van der Waals surface area contributed by atoms with Gasteiger partial charge in [-0.1, -0.05) is 75.4 Å². The van der Waals surface area contributed by atoms with Gasteiger partial charge in [-0.05, 0) is 11.0 Å². The van der Waals surface area contributed by atoms with Gasteiger partial charge in [0.15, 0.2) is 11.9 Å². The number of imidazole rings is 1. The largest absolute Gasteiger partial charge is 0.476 e. The van der Waals surface area contributed by atoms with E-state index < -0.39 is 0 Å². The number of hydrogen-bond donors (Lipinski definition) is 0. The molecular formula is C22H22N2O. The standard InChI is InChI=1S/C22H22N2O/c1-22(2,3)18-11-9-16(10-12-18)19-15-24-14-13-23-21(24)20(25-19)17-7-5-4-6-8-17/h4-15,20H,1-3H3. The summed E-state index contributed by atoms with van der Waals surface area (Å²) in [5, 5.41) is 0. The summed E-state index contributed by atoms with van der Waals surface area (Å²) >= 11 is 0. The smallest absolute Gasteiger partial charge is 0.182 e. The first-order valence-electron chi connectivity index (χ1n) is 8.59. The SMILES string of the molecule is CC(C)(C)c1ccc(C2=Cn3ccnc3C(c3ccccc3)O2)cc1. The van der Waals surface area contributed by atoms with Crippen LogP contribution in [0.25, 0.3) is 12.0 Å². The van der Waals surface area contributed by atoms with Crippen LogP contribution in [0, 0.1) is 0 Å². The van der Waals surface area contributed by atoms with E-state index in [4.69, 9.17) is 4.74 Å². The van der Waals surface area contributed by atoms with Gasteiger partial charge >= 0.3 is 0 Å². The zero-order valence-corrected chi connectivity index (χ0v) is 14.8. The lowest BCUT2D eigenvalue weighted by Gasteiger charge is -2.26. The van der Waals surface area contributed by atoms with Crippen molar-refractivity contribution in [2.45, 2.75) is 32.3 Å². The first-order valence-corrected chi connectivity index (χ1v) is 8.59. The summed E-state index contributed by atoms with van der Waals surface area (Å²) in [6.07, 6.45) is 5.60. The van der Waals surface area contributed by atoms with E-state index in [1.807, 2.05) is 41.4 Å². The number of benzene rings is 2. The molecule has 2 aromatic carbocycles. The summed E-state index contributed by atoms with van der Waals surface area (Å²) in [6.45, 7) is 6.67. The molecule has 0 bridgehead atoms. The van der Waals surface area contributed by atoms with Crippen molar-refractivity contribution in [1.82, 2.24) is 9.55 Å². The van der Waals surface area contributed by atoms with E-state index in [0.29, 0.717) is 0 Å². The molecule has 1 unspecified atom stereocenters. The molecule has 3 nitrogen and oxygen atoms in total. The van der Waals surface area contributed by atoms with Crippen LogP contribution in [0.15, 0.2) is 67.0 Å². The molecule has 0 N–H and O–H groups in total. The number of fused-ring (bicyclic) bond motifs is 1. The van der Waals surface area contributed by atoms with Gasteiger partial charge < -0.3 is 9.30 Å². The molecule has 0 amide bonds. The summed E-state index contributed by atoms with van der Waals surface area (Å²) in [7, 11) is 0. The van der Waals surface area contributed by atoms with Gasteiger partial charge in [-0.15, -0.1) is 0 Å². The van der Waals surface area contributed by atoms with Crippen LogP contribution < -0.4 is 0 Å². The summed E-state index contributed by atoms with van der Waals surface area (Å²) in [6, 6.07) is 18.9. The van der Waals surface area contributed by atoms with Gasteiger partial charge in [0.05, 0.1) is 6.20 Å². The topological polar surface area (TPSA) is 27.1 Å². The quantitative estimate of drug-likeness (QED) is 0.641. The third kappa shape index (κ3) is 2.98. The van der Waals surface area contributed by atoms with Gasteiger partial charge in [0, 0.05) is 23.5 Å². The molecule has 3 heteroatoms. The predicted octanol–water partition coefficient (Wildman–Crippen LogP) is 5.26. The second-order valence-corrected chi connectivity index (χ2v) is 7.42. The van der Waals surface area contributed by atoms with Gasteiger partial charge in [-0.25, -0.2) is 4.98 Å². The van der Waals surface area contributed by atoms with E-state index in [2.05, 4.69) is 62.2 Å². The normalized spacial score (nSPS) is 16.8. The summed E-state index contributed by atoms with van der Waals surface area (Å²) in [5.41, 5.74) is 3.64. The van der Waals surface area contributed by atoms with Crippen LogP contribution in [0.1, 0.15) is 49.4 Å². The van der Waals surface area contributed by atoms with Crippen molar-refractivity contribution in [2.75, 3.05) is 0 Å². The third-order valence-electron chi connectivity index (χ3n) is 4.57. The van der Waals surface area contributed by atoms with Crippen molar-refractivity contribution in [3.63, 3.8) is 0 Å². The van der Waals surface area contributed by atoms with E-state index in [0.717, 1.165) is 22.7 Å². The Morgan fingerprint density at radius 2 is 1.68 bits per heavy atom. The molecule has 0 spiro atoms. The summed E-state index contributed by atoms with van der Waals surface area (Å²) in [5.74, 6) is 1.76. The second kappa shape index (κ2) is 5.92. The molecule has 3 aromatic rings. The number of ether oxygens (including phenoxy) is 1.